The standard InChI is InChI=1S/C12H14N4S/c1-7-11(8(2)15-16-12(13)17)9-5-3-4-6-10(9)14-7/h3-6,14H,1-2H3,(H3,13,16,17)/b15-8+. The lowest BCUT2D eigenvalue weighted by atomic mass is 10.1. The van der Waals surface area contributed by atoms with Crippen molar-refractivity contribution in [3.63, 3.8) is 0 Å². The summed E-state index contributed by atoms with van der Waals surface area (Å²) in [4.78, 5) is 3.32. The molecule has 0 atom stereocenters. The van der Waals surface area contributed by atoms with E-state index in [2.05, 4.69) is 21.6 Å². The molecule has 0 unspecified atom stereocenters. The molecule has 0 amide bonds. The van der Waals surface area contributed by atoms with E-state index in [1.54, 1.807) is 0 Å². The Bertz CT molecular complexity index is 598. The fourth-order valence-electron chi connectivity index (χ4n) is 1.94. The molecule has 0 fully saturated rings. The summed E-state index contributed by atoms with van der Waals surface area (Å²) < 4.78 is 0. The molecule has 0 saturated heterocycles. The number of nitrogens with two attached hydrogens (primary N) is 1. The molecule has 0 bridgehead atoms. The first-order valence-corrected chi connectivity index (χ1v) is 5.68. The second-order valence-electron chi connectivity index (χ2n) is 3.84. The van der Waals surface area contributed by atoms with Crippen molar-refractivity contribution in [1.82, 2.24) is 10.4 Å². The molecule has 4 N–H and O–H groups in total. The van der Waals surface area contributed by atoms with Crippen molar-refractivity contribution >= 4 is 33.9 Å². The van der Waals surface area contributed by atoms with Gasteiger partial charge in [-0.3, -0.25) is 5.43 Å². The predicted molar refractivity (Wildman–Crippen MR) is 75.2 cm³/mol. The number of hydrogen-bond donors (Lipinski definition) is 3. The van der Waals surface area contributed by atoms with E-state index in [1.807, 2.05) is 32.0 Å². The van der Waals surface area contributed by atoms with Gasteiger partial charge >= 0.3 is 0 Å². The lowest BCUT2D eigenvalue weighted by molar-refractivity contribution is 1.03. The second-order valence-corrected chi connectivity index (χ2v) is 4.28. The summed E-state index contributed by atoms with van der Waals surface area (Å²) in [5.41, 5.74) is 12.1. The molecule has 0 radical (unpaired) electrons. The zero-order valence-electron chi connectivity index (χ0n) is 9.74. The Morgan fingerprint density at radius 2 is 2.12 bits per heavy atom. The van der Waals surface area contributed by atoms with Gasteiger partial charge in [0.15, 0.2) is 5.11 Å². The smallest absolute Gasteiger partial charge is 0.184 e. The van der Waals surface area contributed by atoms with Crippen LogP contribution in [0.1, 0.15) is 18.2 Å². The number of nitrogens with zero attached hydrogens (tertiary/aromatic N) is 1. The molecule has 2 aromatic rings. The van der Waals surface area contributed by atoms with Crippen LogP contribution in [0, 0.1) is 6.92 Å². The molecular formula is C12H14N4S. The maximum absolute atomic E-state index is 5.35. The van der Waals surface area contributed by atoms with Gasteiger partial charge in [0.25, 0.3) is 0 Å². The van der Waals surface area contributed by atoms with Crippen LogP contribution in [0.2, 0.25) is 0 Å². The van der Waals surface area contributed by atoms with Crippen LogP contribution < -0.4 is 11.2 Å². The lowest BCUT2D eigenvalue weighted by Crippen LogP contribution is -2.25. The molecule has 1 heterocycles. The van der Waals surface area contributed by atoms with Gasteiger partial charge in [0.1, 0.15) is 0 Å². The quantitative estimate of drug-likeness (QED) is 0.431. The largest absolute Gasteiger partial charge is 0.375 e. The minimum Gasteiger partial charge on any atom is -0.375 e. The van der Waals surface area contributed by atoms with Gasteiger partial charge in [0, 0.05) is 22.2 Å². The van der Waals surface area contributed by atoms with Gasteiger partial charge in [0.05, 0.1) is 5.71 Å². The summed E-state index contributed by atoms with van der Waals surface area (Å²) in [6.07, 6.45) is 0. The maximum atomic E-state index is 5.35. The maximum Gasteiger partial charge on any atom is 0.184 e. The third-order valence-corrected chi connectivity index (χ3v) is 2.68. The number of rotatable bonds is 2. The molecule has 4 nitrogen and oxygen atoms in total. The second kappa shape index (κ2) is 4.55. The molecule has 17 heavy (non-hydrogen) atoms. The van der Waals surface area contributed by atoms with Gasteiger partial charge in [0.2, 0.25) is 0 Å². The first-order valence-electron chi connectivity index (χ1n) is 5.27. The lowest BCUT2D eigenvalue weighted by Gasteiger charge is -2.02. The van der Waals surface area contributed by atoms with Crippen LogP contribution >= 0.6 is 12.2 Å². The molecule has 2 rings (SSSR count). The van der Waals surface area contributed by atoms with Gasteiger partial charge in [-0.15, -0.1) is 0 Å². The van der Waals surface area contributed by atoms with Gasteiger partial charge in [-0.25, -0.2) is 0 Å². The fourth-order valence-corrected chi connectivity index (χ4v) is 1.98. The molecule has 1 aromatic heterocycles. The Balaban J connectivity index is 2.51. The van der Waals surface area contributed by atoms with Crippen LogP contribution in [0.25, 0.3) is 10.9 Å². The first kappa shape index (κ1) is 11.6. The summed E-state index contributed by atoms with van der Waals surface area (Å²) >= 11 is 4.72. The Morgan fingerprint density at radius 1 is 1.41 bits per heavy atom. The van der Waals surface area contributed by atoms with E-state index in [0.717, 1.165) is 27.9 Å². The van der Waals surface area contributed by atoms with Crippen LogP contribution in [0.15, 0.2) is 29.4 Å². The number of aromatic nitrogens is 1. The SMILES string of the molecule is C/C(=N\NC(N)=S)c1c(C)[nH]c2ccccc12. The van der Waals surface area contributed by atoms with E-state index in [1.165, 1.54) is 0 Å². The Hall–Kier alpha value is -1.88. The minimum absolute atomic E-state index is 0.168. The van der Waals surface area contributed by atoms with Crippen molar-refractivity contribution in [1.29, 1.82) is 0 Å². The number of benzene rings is 1. The monoisotopic (exact) mass is 246 g/mol. The summed E-state index contributed by atoms with van der Waals surface area (Å²) in [5.74, 6) is 0. The summed E-state index contributed by atoms with van der Waals surface area (Å²) in [6, 6.07) is 8.11. The van der Waals surface area contributed by atoms with Crippen molar-refractivity contribution in [2.24, 2.45) is 10.8 Å². The molecule has 0 aliphatic heterocycles. The van der Waals surface area contributed by atoms with Crippen LogP contribution in [-0.2, 0) is 0 Å². The number of thiocarbonyl (C=S) groups is 1. The van der Waals surface area contributed by atoms with E-state index < -0.39 is 0 Å². The highest BCUT2D eigenvalue weighted by atomic mass is 32.1. The zero-order valence-corrected chi connectivity index (χ0v) is 10.6. The Labute approximate surface area is 105 Å². The number of H-pyrrole nitrogens is 1. The normalized spacial score (nSPS) is 11.8. The number of fused-ring (bicyclic) bond motifs is 1. The van der Waals surface area contributed by atoms with Gasteiger partial charge in [-0.05, 0) is 32.1 Å². The summed E-state index contributed by atoms with van der Waals surface area (Å²) in [7, 11) is 0. The van der Waals surface area contributed by atoms with Gasteiger partial charge in [-0.2, -0.15) is 5.10 Å². The van der Waals surface area contributed by atoms with E-state index in [9.17, 15) is 0 Å². The van der Waals surface area contributed by atoms with Gasteiger partial charge < -0.3 is 10.7 Å². The van der Waals surface area contributed by atoms with Crippen LogP contribution in [0.3, 0.4) is 0 Å². The van der Waals surface area contributed by atoms with E-state index in [0.29, 0.717) is 0 Å². The van der Waals surface area contributed by atoms with Crippen LogP contribution in [-0.4, -0.2) is 15.8 Å². The first-order chi connectivity index (χ1) is 8.09. The number of nitrogens with one attached hydrogen (secondary N) is 2. The van der Waals surface area contributed by atoms with Crippen molar-refractivity contribution < 1.29 is 0 Å². The number of aromatic amines is 1. The summed E-state index contributed by atoms with van der Waals surface area (Å²) in [5, 5.41) is 5.47. The highest BCUT2D eigenvalue weighted by Crippen LogP contribution is 2.22. The Morgan fingerprint density at radius 3 is 2.82 bits per heavy atom. The molecule has 0 aliphatic rings. The van der Waals surface area contributed by atoms with Crippen LogP contribution in [0.4, 0.5) is 0 Å². The van der Waals surface area contributed by atoms with E-state index in [-0.39, 0.29) is 5.11 Å². The molecule has 0 saturated carbocycles. The molecule has 0 aliphatic carbocycles. The number of para-hydroxylation sites is 1. The molecular weight excluding hydrogens is 232 g/mol. The highest BCUT2D eigenvalue weighted by Gasteiger charge is 2.10. The number of hydrazone groups is 1. The van der Waals surface area contributed by atoms with Crippen LogP contribution in [0.5, 0.6) is 0 Å². The molecule has 5 heteroatoms. The molecule has 88 valence electrons. The molecule has 0 spiro atoms. The van der Waals surface area contributed by atoms with Crippen molar-refractivity contribution in [3.05, 3.63) is 35.5 Å². The van der Waals surface area contributed by atoms with E-state index in [4.69, 9.17) is 18.0 Å². The summed E-state index contributed by atoms with van der Waals surface area (Å²) in [6.45, 7) is 3.95. The number of aryl methyl sites for hydroxylation is 1. The van der Waals surface area contributed by atoms with Crippen molar-refractivity contribution in [3.8, 4) is 0 Å². The third-order valence-electron chi connectivity index (χ3n) is 2.59. The average Bonchev–Trinajstić information content (AvgIpc) is 2.61. The van der Waals surface area contributed by atoms with E-state index >= 15 is 0 Å². The van der Waals surface area contributed by atoms with Gasteiger partial charge in [-0.1, -0.05) is 18.2 Å². The minimum atomic E-state index is 0.168. The molecule has 1 aromatic carbocycles. The number of hydrogen-bond acceptors (Lipinski definition) is 2. The van der Waals surface area contributed by atoms with Crippen molar-refractivity contribution in [2.75, 3.05) is 0 Å². The Kier molecular flexibility index (Phi) is 3.10. The topological polar surface area (TPSA) is 66.2 Å². The predicted octanol–water partition coefficient (Wildman–Crippen LogP) is 2.03. The van der Waals surface area contributed by atoms with Crippen molar-refractivity contribution in [2.45, 2.75) is 13.8 Å². The third kappa shape index (κ3) is 2.29. The average molecular weight is 246 g/mol. The highest BCUT2D eigenvalue weighted by molar-refractivity contribution is 7.80. The fraction of sp³-hybridized carbons (Fsp3) is 0.167. The zero-order chi connectivity index (χ0) is 12.4.